The topological polar surface area (TPSA) is 26.3 Å². The maximum atomic E-state index is 12.0. The lowest BCUT2D eigenvalue weighted by molar-refractivity contribution is 0.104. The summed E-state index contributed by atoms with van der Waals surface area (Å²) in [5.41, 5.74) is 1.54. The van der Waals surface area contributed by atoms with Crippen molar-refractivity contribution in [2.45, 2.75) is 0 Å². The molecule has 0 aliphatic carbocycles. The first-order valence-corrected chi connectivity index (χ1v) is 6.61. The Kier molecular flexibility index (Phi) is 4.53. The summed E-state index contributed by atoms with van der Waals surface area (Å²) < 4.78 is 6.20. The van der Waals surface area contributed by atoms with Crippen molar-refractivity contribution in [3.63, 3.8) is 0 Å². The van der Waals surface area contributed by atoms with Gasteiger partial charge in [0.2, 0.25) is 0 Å². The summed E-state index contributed by atoms with van der Waals surface area (Å²) in [7, 11) is 1.61. The Bertz CT molecular complexity index is 603. The zero-order chi connectivity index (χ0) is 13.7. The van der Waals surface area contributed by atoms with Crippen LogP contribution in [0.1, 0.15) is 15.9 Å². The molecule has 0 amide bonds. The number of hydrogen-bond donors (Lipinski definition) is 0. The smallest absolute Gasteiger partial charge is 0.185 e. The summed E-state index contributed by atoms with van der Waals surface area (Å²) in [4.78, 5) is 12.0. The molecule has 0 saturated carbocycles. The molecule has 0 aliphatic heterocycles. The van der Waals surface area contributed by atoms with Gasteiger partial charge in [-0.15, -0.1) is 0 Å². The monoisotopic (exact) mass is 316 g/mol. The van der Waals surface area contributed by atoms with E-state index in [4.69, 9.17) is 4.74 Å². The molecule has 0 atom stereocenters. The van der Waals surface area contributed by atoms with Gasteiger partial charge in [-0.25, -0.2) is 0 Å². The minimum atomic E-state index is -0.0253. The van der Waals surface area contributed by atoms with E-state index < -0.39 is 0 Å². The Balaban J connectivity index is 2.23. The molecule has 2 aromatic rings. The molecule has 96 valence electrons. The first-order valence-electron chi connectivity index (χ1n) is 5.81. The molecule has 0 heterocycles. The highest BCUT2D eigenvalue weighted by atomic mass is 79.9. The van der Waals surface area contributed by atoms with Crippen LogP contribution in [0.3, 0.4) is 0 Å². The lowest BCUT2D eigenvalue weighted by Gasteiger charge is -2.04. The van der Waals surface area contributed by atoms with Crippen LogP contribution in [0.2, 0.25) is 0 Å². The third-order valence-electron chi connectivity index (χ3n) is 2.66. The van der Waals surface area contributed by atoms with Gasteiger partial charge in [0.25, 0.3) is 0 Å². The number of halogens is 1. The van der Waals surface area contributed by atoms with Gasteiger partial charge in [0.15, 0.2) is 5.78 Å². The van der Waals surface area contributed by atoms with E-state index in [0.29, 0.717) is 5.56 Å². The van der Waals surface area contributed by atoms with E-state index in [-0.39, 0.29) is 5.78 Å². The van der Waals surface area contributed by atoms with Gasteiger partial charge in [-0.1, -0.05) is 46.3 Å². The molecule has 0 unspecified atom stereocenters. The molecule has 0 spiro atoms. The minimum absolute atomic E-state index is 0.0253. The first kappa shape index (κ1) is 13.6. The second kappa shape index (κ2) is 6.34. The zero-order valence-electron chi connectivity index (χ0n) is 10.5. The van der Waals surface area contributed by atoms with Gasteiger partial charge in [-0.3, -0.25) is 4.79 Å². The average molecular weight is 317 g/mol. The zero-order valence-corrected chi connectivity index (χ0v) is 12.1. The molecule has 0 bridgehead atoms. The number of benzene rings is 2. The number of methoxy groups -OCH3 is 1. The van der Waals surface area contributed by atoms with Crippen molar-refractivity contribution in [1.29, 1.82) is 0 Å². The summed E-state index contributed by atoms with van der Waals surface area (Å²) >= 11 is 3.40. The Morgan fingerprint density at radius 2 is 1.89 bits per heavy atom. The fourth-order valence-corrected chi connectivity index (χ4v) is 2.08. The highest BCUT2D eigenvalue weighted by Gasteiger charge is 2.03. The van der Waals surface area contributed by atoms with Crippen LogP contribution in [0.15, 0.2) is 59.1 Å². The molecule has 2 aromatic carbocycles. The molecule has 0 aromatic heterocycles. The lowest BCUT2D eigenvalue weighted by atomic mass is 10.1. The van der Waals surface area contributed by atoms with Gasteiger partial charge >= 0.3 is 0 Å². The van der Waals surface area contributed by atoms with Crippen molar-refractivity contribution >= 4 is 27.8 Å². The number of allylic oxidation sites excluding steroid dienone is 1. The van der Waals surface area contributed by atoms with E-state index in [2.05, 4.69) is 15.9 Å². The SMILES string of the molecule is COc1ccc(Br)cc1C=CC(=O)c1ccccc1. The Morgan fingerprint density at radius 3 is 2.58 bits per heavy atom. The van der Waals surface area contributed by atoms with E-state index in [1.165, 1.54) is 0 Å². The van der Waals surface area contributed by atoms with Gasteiger partial charge < -0.3 is 4.74 Å². The molecule has 0 saturated heterocycles. The fraction of sp³-hybridized carbons (Fsp3) is 0.0625. The second-order valence-electron chi connectivity index (χ2n) is 3.95. The van der Waals surface area contributed by atoms with Crippen molar-refractivity contribution in [3.8, 4) is 5.75 Å². The standard InChI is InChI=1S/C16H13BrO2/c1-19-16-10-8-14(17)11-13(16)7-9-15(18)12-5-3-2-4-6-12/h2-11H,1H3. The van der Waals surface area contributed by atoms with Crippen LogP contribution >= 0.6 is 15.9 Å². The largest absolute Gasteiger partial charge is 0.496 e. The number of hydrogen-bond acceptors (Lipinski definition) is 2. The van der Waals surface area contributed by atoms with Crippen LogP contribution < -0.4 is 4.74 Å². The Hall–Kier alpha value is -1.87. The summed E-state index contributed by atoms with van der Waals surface area (Å²) in [6.07, 6.45) is 3.32. The molecule has 2 rings (SSSR count). The van der Waals surface area contributed by atoms with Crippen LogP contribution in [0.5, 0.6) is 5.75 Å². The summed E-state index contributed by atoms with van der Waals surface area (Å²) in [6, 6.07) is 14.8. The van der Waals surface area contributed by atoms with Crippen LogP contribution in [-0.4, -0.2) is 12.9 Å². The second-order valence-corrected chi connectivity index (χ2v) is 4.87. The van der Waals surface area contributed by atoms with E-state index >= 15 is 0 Å². The van der Waals surface area contributed by atoms with Crippen molar-refractivity contribution in [3.05, 3.63) is 70.2 Å². The molecule has 3 heteroatoms. The van der Waals surface area contributed by atoms with Crippen LogP contribution in [0.25, 0.3) is 6.08 Å². The number of carbonyl (C=O) groups is 1. The number of rotatable bonds is 4. The third kappa shape index (κ3) is 3.55. The number of carbonyl (C=O) groups excluding carboxylic acids is 1. The number of ketones is 1. The van der Waals surface area contributed by atoms with Gasteiger partial charge in [0.05, 0.1) is 7.11 Å². The van der Waals surface area contributed by atoms with Gasteiger partial charge in [0, 0.05) is 15.6 Å². The van der Waals surface area contributed by atoms with E-state index in [9.17, 15) is 4.79 Å². The molecular weight excluding hydrogens is 304 g/mol. The van der Waals surface area contributed by atoms with E-state index in [1.807, 2.05) is 36.4 Å². The molecule has 0 fully saturated rings. The fourth-order valence-electron chi connectivity index (χ4n) is 1.70. The Labute approximate surface area is 120 Å². The molecule has 19 heavy (non-hydrogen) atoms. The normalized spacial score (nSPS) is 10.6. The molecule has 0 radical (unpaired) electrons. The van der Waals surface area contributed by atoms with Crippen LogP contribution in [-0.2, 0) is 0 Å². The van der Waals surface area contributed by atoms with Crippen molar-refractivity contribution in [2.24, 2.45) is 0 Å². The van der Waals surface area contributed by atoms with Gasteiger partial charge in [-0.05, 0) is 30.4 Å². The molecular formula is C16H13BrO2. The third-order valence-corrected chi connectivity index (χ3v) is 3.16. The minimum Gasteiger partial charge on any atom is -0.496 e. The van der Waals surface area contributed by atoms with Gasteiger partial charge in [-0.2, -0.15) is 0 Å². The lowest BCUT2D eigenvalue weighted by Crippen LogP contribution is -1.93. The predicted molar refractivity (Wildman–Crippen MR) is 80.5 cm³/mol. The highest BCUT2D eigenvalue weighted by Crippen LogP contribution is 2.24. The Morgan fingerprint density at radius 1 is 1.16 bits per heavy atom. The van der Waals surface area contributed by atoms with E-state index in [0.717, 1.165) is 15.8 Å². The van der Waals surface area contributed by atoms with Gasteiger partial charge in [0.1, 0.15) is 5.75 Å². The average Bonchev–Trinajstić information content (AvgIpc) is 2.46. The van der Waals surface area contributed by atoms with Crippen LogP contribution in [0, 0.1) is 0 Å². The van der Waals surface area contributed by atoms with Crippen molar-refractivity contribution in [2.75, 3.05) is 7.11 Å². The van der Waals surface area contributed by atoms with Crippen molar-refractivity contribution in [1.82, 2.24) is 0 Å². The highest BCUT2D eigenvalue weighted by molar-refractivity contribution is 9.10. The van der Waals surface area contributed by atoms with E-state index in [1.54, 1.807) is 31.4 Å². The quantitative estimate of drug-likeness (QED) is 0.619. The molecule has 0 N–H and O–H groups in total. The maximum Gasteiger partial charge on any atom is 0.185 e. The maximum absolute atomic E-state index is 12.0. The van der Waals surface area contributed by atoms with Crippen molar-refractivity contribution < 1.29 is 9.53 Å². The number of ether oxygens (including phenoxy) is 1. The predicted octanol–water partition coefficient (Wildman–Crippen LogP) is 4.35. The van der Waals surface area contributed by atoms with Crippen LogP contribution in [0.4, 0.5) is 0 Å². The summed E-state index contributed by atoms with van der Waals surface area (Å²) in [5, 5.41) is 0. The first-order chi connectivity index (χ1) is 9.20. The molecule has 2 nitrogen and oxygen atoms in total. The molecule has 0 aliphatic rings. The summed E-state index contributed by atoms with van der Waals surface area (Å²) in [6.45, 7) is 0. The summed E-state index contributed by atoms with van der Waals surface area (Å²) in [5.74, 6) is 0.711.